The van der Waals surface area contributed by atoms with Crippen molar-refractivity contribution in [1.29, 1.82) is 0 Å². The number of thioether (sulfide) groups is 1. The maximum Gasteiger partial charge on any atom is 0.308 e. The van der Waals surface area contributed by atoms with Crippen LogP contribution >= 0.6 is 11.8 Å². The molecule has 0 aromatic carbocycles. The normalized spacial score (nSPS) is 24.4. The fraction of sp³-hybridized carbons (Fsp3) is 0.857. The van der Waals surface area contributed by atoms with Gasteiger partial charge in [-0.2, -0.15) is 11.8 Å². The van der Waals surface area contributed by atoms with Crippen molar-refractivity contribution in [1.82, 2.24) is 0 Å². The van der Waals surface area contributed by atoms with Crippen LogP contribution in [-0.2, 0) is 4.79 Å². The summed E-state index contributed by atoms with van der Waals surface area (Å²) in [6.45, 7) is 0. The lowest BCUT2D eigenvalue weighted by molar-refractivity contribution is -0.146. The van der Waals surface area contributed by atoms with E-state index in [4.69, 9.17) is 0 Å². The first-order valence-corrected chi connectivity index (χ1v) is 4.85. The van der Waals surface area contributed by atoms with Gasteiger partial charge in [-0.15, -0.1) is 0 Å². The molecule has 76 valence electrons. The van der Waals surface area contributed by atoms with Gasteiger partial charge in [0.15, 0.2) is 0 Å². The fourth-order valence-electron chi connectivity index (χ4n) is 1.10. The average Bonchev–Trinajstić information content (AvgIpc) is 2.35. The van der Waals surface area contributed by atoms with Gasteiger partial charge in [-0.05, 0) is 0 Å². The van der Waals surface area contributed by atoms with E-state index < -0.39 is 24.7 Å². The van der Waals surface area contributed by atoms with E-state index in [9.17, 15) is 22.4 Å². The van der Waals surface area contributed by atoms with Gasteiger partial charge in [0, 0.05) is 18.1 Å². The number of carbonyl (C=O) groups excluding carboxylic acids is 1. The predicted molar refractivity (Wildman–Crippen MR) is 41.4 cm³/mol. The third-order valence-electron chi connectivity index (χ3n) is 1.86. The monoisotopic (exact) mass is 216 g/mol. The van der Waals surface area contributed by atoms with Crippen molar-refractivity contribution in [2.45, 2.75) is 18.8 Å². The number of Topliss-reactive ketones (excluding diaryl/α,β-unsaturated/α-hetero) is 1. The summed E-state index contributed by atoms with van der Waals surface area (Å²) in [4.78, 5) is 10.9. The van der Waals surface area contributed by atoms with Crippen LogP contribution in [0.4, 0.5) is 17.6 Å². The molecule has 0 radical (unpaired) electrons. The van der Waals surface area contributed by atoms with Crippen LogP contribution in [0.25, 0.3) is 0 Å². The van der Waals surface area contributed by atoms with E-state index in [1.54, 1.807) is 0 Å². The summed E-state index contributed by atoms with van der Waals surface area (Å²) in [6, 6.07) is 0. The number of halogens is 4. The first kappa shape index (κ1) is 10.8. The minimum Gasteiger partial charge on any atom is -0.298 e. The van der Waals surface area contributed by atoms with Crippen LogP contribution in [0.1, 0.15) is 6.42 Å². The van der Waals surface area contributed by atoms with Crippen molar-refractivity contribution in [2.24, 2.45) is 5.92 Å². The van der Waals surface area contributed by atoms with Gasteiger partial charge in [-0.1, -0.05) is 0 Å². The predicted octanol–water partition coefficient (Wildman–Crippen LogP) is 2.21. The molecular formula is C7H8F4OS. The standard InChI is InChI=1S/C7H8F4OS/c8-6(9)7(10,11)1-4-2-13-3-5(4)12/h4,6H,1-3H2. The van der Waals surface area contributed by atoms with Gasteiger partial charge in [0.25, 0.3) is 0 Å². The third kappa shape index (κ3) is 2.59. The Balaban J connectivity index is 2.52. The molecule has 0 amide bonds. The van der Waals surface area contributed by atoms with Crippen LogP contribution < -0.4 is 0 Å². The summed E-state index contributed by atoms with van der Waals surface area (Å²) >= 11 is 1.21. The van der Waals surface area contributed by atoms with E-state index in [0.717, 1.165) is 0 Å². The molecule has 1 unspecified atom stereocenters. The molecule has 6 heteroatoms. The van der Waals surface area contributed by atoms with Crippen LogP contribution in [0.3, 0.4) is 0 Å². The van der Waals surface area contributed by atoms with Gasteiger partial charge in [0.05, 0.1) is 5.75 Å². The molecule has 0 N–H and O–H groups in total. The van der Waals surface area contributed by atoms with Gasteiger partial charge < -0.3 is 0 Å². The number of rotatable bonds is 3. The maximum absolute atomic E-state index is 12.5. The molecule has 1 atom stereocenters. The van der Waals surface area contributed by atoms with Crippen molar-refractivity contribution in [2.75, 3.05) is 11.5 Å². The molecule has 1 aliphatic rings. The SMILES string of the molecule is O=C1CSCC1CC(F)(F)C(F)F. The second-order valence-corrected chi connectivity index (χ2v) is 3.97. The largest absolute Gasteiger partial charge is 0.308 e. The van der Waals surface area contributed by atoms with Gasteiger partial charge in [0.1, 0.15) is 5.78 Å². The van der Waals surface area contributed by atoms with E-state index in [2.05, 4.69) is 0 Å². The van der Waals surface area contributed by atoms with Crippen LogP contribution in [0.2, 0.25) is 0 Å². The highest BCUT2D eigenvalue weighted by molar-refractivity contribution is 8.00. The molecule has 1 rings (SSSR count). The third-order valence-corrected chi connectivity index (χ3v) is 2.98. The highest BCUT2D eigenvalue weighted by Crippen LogP contribution is 2.34. The van der Waals surface area contributed by atoms with Crippen LogP contribution in [0.5, 0.6) is 0 Å². The summed E-state index contributed by atoms with van der Waals surface area (Å²) in [5, 5.41) is 0. The molecule has 0 saturated carbocycles. The lowest BCUT2D eigenvalue weighted by atomic mass is 9.99. The molecule has 1 heterocycles. The zero-order valence-electron chi connectivity index (χ0n) is 6.60. The highest BCUT2D eigenvalue weighted by Gasteiger charge is 2.45. The van der Waals surface area contributed by atoms with E-state index in [-0.39, 0.29) is 17.3 Å². The Labute approximate surface area is 76.9 Å². The smallest absolute Gasteiger partial charge is 0.298 e. The quantitative estimate of drug-likeness (QED) is 0.673. The van der Waals surface area contributed by atoms with Crippen LogP contribution in [0, 0.1) is 5.92 Å². The lowest BCUT2D eigenvalue weighted by Crippen LogP contribution is -2.31. The van der Waals surface area contributed by atoms with E-state index in [1.165, 1.54) is 11.8 Å². The van der Waals surface area contributed by atoms with Gasteiger partial charge in [-0.3, -0.25) is 4.79 Å². The van der Waals surface area contributed by atoms with Gasteiger partial charge in [-0.25, -0.2) is 17.6 Å². The van der Waals surface area contributed by atoms with Gasteiger partial charge in [0.2, 0.25) is 0 Å². The molecule has 0 spiro atoms. The molecule has 1 aliphatic heterocycles. The first-order valence-electron chi connectivity index (χ1n) is 3.70. The number of alkyl halides is 4. The van der Waals surface area contributed by atoms with E-state index in [0.29, 0.717) is 0 Å². The topological polar surface area (TPSA) is 17.1 Å². The molecule has 1 saturated heterocycles. The Morgan fingerprint density at radius 2 is 2.15 bits per heavy atom. The molecular weight excluding hydrogens is 208 g/mol. The minimum atomic E-state index is -4.02. The van der Waals surface area contributed by atoms with Crippen LogP contribution in [0.15, 0.2) is 0 Å². The second kappa shape index (κ2) is 3.86. The van der Waals surface area contributed by atoms with Crippen molar-refractivity contribution in [3.05, 3.63) is 0 Å². The highest BCUT2D eigenvalue weighted by atomic mass is 32.2. The molecule has 0 aromatic heterocycles. The average molecular weight is 216 g/mol. The van der Waals surface area contributed by atoms with E-state index in [1.807, 2.05) is 0 Å². The summed E-state index contributed by atoms with van der Waals surface area (Å²) in [6.07, 6.45) is -4.69. The van der Waals surface area contributed by atoms with Crippen molar-refractivity contribution in [3.63, 3.8) is 0 Å². The fourth-order valence-corrected chi connectivity index (χ4v) is 2.25. The Bertz CT molecular complexity index is 207. The first-order chi connectivity index (χ1) is 5.93. The summed E-state index contributed by atoms with van der Waals surface area (Å²) in [5.41, 5.74) is 0. The Morgan fingerprint density at radius 3 is 2.54 bits per heavy atom. The van der Waals surface area contributed by atoms with Crippen molar-refractivity contribution >= 4 is 17.5 Å². The zero-order chi connectivity index (χ0) is 10.1. The molecule has 1 fully saturated rings. The van der Waals surface area contributed by atoms with Gasteiger partial charge >= 0.3 is 12.3 Å². The summed E-state index contributed by atoms with van der Waals surface area (Å²) in [7, 11) is 0. The zero-order valence-corrected chi connectivity index (χ0v) is 7.42. The molecule has 13 heavy (non-hydrogen) atoms. The summed E-state index contributed by atoms with van der Waals surface area (Å²) in [5.74, 6) is -4.85. The molecule has 0 aromatic rings. The Kier molecular flexibility index (Phi) is 3.21. The number of carbonyl (C=O) groups is 1. The van der Waals surface area contributed by atoms with E-state index >= 15 is 0 Å². The second-order valence-electron chi connectivity index (χ2n) is 2.94. The van der Waals surface area contributed by atoms with Crippen molar-refractivity contribution in [3.8, 4) is 0 Å². The van der Waals surface area contributed by atoms with Crippen molar-refractivity contribution < 1.29 is 22.4 Å². The molecule has 1 nitrogen and oxygen atoms in total. The maximum atomic E-state index is 12.5. The number of hydrogen-bond donors (Lipinski definition) is 0. The molecule has 0 aliphatic carbocycles. The minimum absolute atomic E-state index is 0.171. The summed E-state index contributed by atoms with van der Waals surface area (Å²) < 4.78 is 48.4. The number of ketones is 1. The molecule has 0 bridgehead atoms. The van der Waals surface area contributed by atoms with Crippen LogP contribution in [-0.4, -0.2) is 29.6 Å². The Morgan fingerprint density at radius 1 is 1.54 bits per heavy atom. The Hall–Kier alpha value is -0.260. The number of hydrogen-bond acceptors (Lipinski definition) is 2. The lowest BCUT2D eigenvalue weighted by Gasteiger charge is -2.17.